The molecular formula is C24H18N6O. The van der Waals surface area contributed by atoms with Crippen molar-refractivity contribution in [1.29, 1.82) is 0 Å². The van der Waals surface area contributed by atoms with Gasteiger partial charge < -0.3 is 11.1 Å². The summed E-state index contributed by atoms with van der Waals surface area (Å²) in [6.07, 6.45) is 2.45. The Balaban J connectivity index is 1.67. The monoisotopic (exact) mass is 406 g/mol. The predicted molar refractivity (Wildman–Crippen MR) is 122 cm³/mol. The van der Waals surface area contributed by atoms with E-state index in [4.69, 9.17) is 15.7 Å². The smallest absolute Gasteiger partial charge is 0.197 e. The standard InChI is InChI=1S/C24H18N6O/c25-18-12-10-16(11-13-18)22-17(15-31)14-30(29-22)24-23(26-19-6-2-1-3-7-19)27-20-8-4-5-9-21(20)28-24/h1-15H,25H2,(H,26,27). The maximum Gasteiger partial charge on any atom is 0.197 e. The predicted octanol–water partition coefficient (Wildman–Crippen LogP) is 4.62. The molecule has 2 aromatic heterocycles. The molecule has 5 rings (SSSR count). The highest BCUT2D eigenvalue weighted by molar-refractivity contribution is 5.86. The molecule has 0 aliphatic heterocycles. The Morgan fingerprint density at radius 1 is 0.839 bits per heavy atom. The van der Waals surface area contributed by atoms with Crippen LogP contribution in [-0.2, 0) is 0 Å². The van der Waals surface area contributed by atoms with Crippen LogP contribution in [0.2, 0.25) is 0 Å². The molecule has 0 saturated heterocycles. The molecule has 31 heavy (non-hydrogen) atoms. The van der Waals surface area contributed by atoms with Crippen LogP contribution in [-0.4, -0.2) is 26.0 Å². The van der Waals surface area contributed by atoms with E-state index in [0.717, 1.165) is 28.6 Å². The molecule has 0 spiro atoms. The van der Waals surface area contributed by atoms with Crippen molar-refractivity contribution in [2.75, 3.05) is 11.1 Å². The first-order chi connectivity index (χ1) is 15.2. The first-order valence-corrected chi connectivity index (χ1v) is 9.71. The number of fused-ring (bicyclic) bond motifs is 1. The van der Waals surface area contributed by atoms with E-state index >= 15 is 0 Å². The largest absolute Gasteiger partial charge is 0.399 e. The number of nitrogen functional groups attached to an aromatic ring is 1. The highest BCUT2D eigenvalue weighted by Crippen LogP contribution is 2.27. The molecule has 7 heteroatoms. The summed E-state index contributed by atoms with van der Waals surface area (Å²) in [7, 11) is 0. The lowest BCUT2D eigenvalue weighted by molar-refractivity contribution is 0.112. The molecule has 0 bridgehead atoms. The van der Waals surface area contributed by atoms with Gasteiger partial charge in [0.25, 0.3) is 0 Å². The van der Waals surface area contributed by atoms with E-state index in [-0.39, 0.29) is 0 Å². The van der Waals surface area contributed by atoms with Crippen LogP contribution in [0.25, 0.3) is 28.1 Å². The normalized spacial score (nSPS) is 10.8. The Labute approximate surface area is 178 Å². The van der Waals surface area contributed by atoms with E-state index in [9.17, 15) is 4.79 Å². The van der Waals surface area contributed by atoms with Gasteiger partial charge in [-0.25, -0.2) is 14.6 Å². The third-order valence-electron chi connectivity index (χ3n) is 4.86. The first-order valence-electron chi connectivity index (χ1n) is 9.71. The van der Waals surface area contributed by atoms with Crippen molar-refractivity contribution in [3.8, 4) is 17.1 Å². The number of nitrogens with zero attached hydrogens (tertiary/aromatic N) is 4. The lowest BCUT2D eigenvalue weighted by Gasteiger charge is -2.12. The van der Waals surface area contributed by atoms with E-state index in [1.165, 1.54) is 0 Å². The van der Waals surface area contributed by atoms with Crippen LogP contribution >= 0.6 is 0 Å². The average molecular weight is 406 g/mol. The van der Waals surface area contributed by atoms with Gasteiger partial charge in [-0.05, 0) is 36.4 Å². The van der Waals surface area contributed by atoms with Gasteiger partial charge in [-0.1, -0.05) is 42.5 Å². The molecule has 0 fully saturated rings. The number of carbonyl (C=O) groups is 1. The maximum atomic E-state index is 11.8. The van der Waals surface area contributed by atoms with E-state index in [1.807, 2.05) is 66.7 Å². The molecule has 5 aromatic rings. The number of hydrogen-bond acceptors (Lipinski definition) is 6. The zero-order chi connectivity index (χ0) is 21.2. The van der Waals surface area contributed by atoms with Crippen LogP contribution in [0.4, 0.5) is 17.2 Å². The second kappa shape index (κ2) is 7.72. The summed E-state index contributed by atoms with van der Waals surface area (Å²) < 4.78 is 1.58. The van der Waals surface area contributed by atoms with Gasteiger partial charge in [0, 0.05) is 23.1 Å². The zero-order valence-electron chi connectivity index (χ0n) is 16.4. The van der Waals surface area contributed by atoms with Crippen LogP contribution in [0.3, 0.4) is 0 Å². The van der Waals surface area contributed by atoms with Crippen molar-refractivity contribution in [3.63, 3.8) is 0 Å². The van der Waals surface area contributed by atoms with Crippen LogP contribution in [0.15, 0.2) is 85.1 Å². The van der Waals surface area contributed by atoms with E-state index in [2.05, 4.69) is 10.4 Å². The highest BCUT2D eigenvalue weighted by Gasteiger charge is 2.17. The van der Waals surface area contributed by atoms with Crippen LogP contribution in [0, 0.1) is 0 Å². The van der Waals surface area contributed by atoms with Gasteiger partial charge in [0.1, 0.15) is 5.69 Å². The minimum atomic E-state index is 0.449. The van der Waals surface area contributed by atoms with Gasteiger partial charge in [-0.15, -0.1) is 0 Å². The number of anilines is 3. The molecule has 0 unspecified atom stereocenters. The fraction of sp³-hybridized carbons (Fsp3) is 0. The maximum absolute atomic E-state index is 11.8. The minimum absolute atomic E-state index is 0.449. The van der Waals surface area contributed by atoms with Crippen molar-refractivity contribution >= 4 is 34.5 Å². The number of carbonyl (C=O) groups excluding carboxylic acids is 1. The molecule has 150 valence electrons. The number of nitrogens with one attached hydrogen (secondary N) is 1. The van der Waals surface area contributed by atoms with Crippen molar-refractivity contribution in [3.05, 3.63) is 90.6 Å². The number of para-hydroxylation sites is 3. The summed E-state index contributed by atoms with van der Waals surface area (Å²) in [6, 6.07) is 24.6. The Morgan fingerprint density at radius 2 is 1.52 bits per heavy atom. The summed E-state index contributed by atoms with van der Waals surface area (Å²) in [5.74, 6) is 1.03. The third-order valence-corrected chi connectivity index (χ3v) is 4.86. The number of rotatable bonds is 5. The Hall–Kier alpha value is -4.52. The van der Waals surface area contributed by atoms with Crippen molar-refractivity contribution < 1.29 is 4.79 Å². The van der Waals surface area contributed by atoms with Crippen molar-refractivity contribution in [2.45, 2.75) is 0 Å². The number of nitrogens with two attached hydrogens (primary N) is 1. The van der Waals surface area contributed by atoms with Gasteiger partial charge in [0.05, 0.1) is 16.6 Å². The summed E-state index contributed by atoms with van der Waals surface area (Å²) in [5, 5.41) is 7.98. The second-order valence-electron chi connectivity index (χ2n) is 6.99. The molecule has 0 amide bonds. The number of benzene rings is 3. The van der Waals surface area contributed by atoms with Crippen LogP contribution < -0.4 is 11.1 Å². The van der Waals surface area contributed by atoms with E-state index in [0.29, 0.717) is 28.6 Å². The van der Waals surface area contributed by atoms with E-state index in [1.54, 1.807) is 23.0 Å². The molecule has 0 aliphatic rings. The van der Waals surface area contributed by atoms with Gasteiger partial charge in [-0.2, -0.15) is 5.10 Å². The van der Waals surface area contributed by atoms with Crippen LogP contribution in [0.1, 0.15) is 10.4 Å². The summed E-state index contributed by atoms with van der Waals surface area (Å²) in [5.41, 5.74) is 10.6. The summed E-state index contributed by atoms with van der Waals surface area (Å²) in [6.45, 7) is 0. The molecule has 7 nitrogen and oxygen atoms in total. The minimum Gasteiger partial charge on any atom is -0.399 e. The molecule has 0 aliphatic carbocycles. The molecular weight excluding hydrogens is 388 g/mol. The fourth-order valence-electron chi connectivity index (χ4n) is 3.34. The summed E-state index contributed by atoms with van der Waals surface area (Å²) >= 11 is 0. The number of aromatic nitrogens is 4. The van der Waals surface area contributed by atoms with Gasteiger partial charge >= 0.3 is 0 Å². The van der Waals surface area contributed by atoms with Gasteiger partial charge in [0.15, 0.2) is 17.9 Å². The second-order valence-corrected chi connectivity index (χ2v) is 6.99. The Bertz CT molecular complexity index is 1380. The molecule has 0 saturated carbocycles. The SMILES string of the molecule is Nc1ccc(-c2nn(-c3nc4ccccc4nc3Nc3ccccc3)cc2C=O)cc1. The molecule has 3 aromatic carbocycles. The fourth-order valence-corrected chi connectivity index (χ4v) is 3.34. The van der Waals surface area contributed by atoms with Crippen LogP contribution in [0.5, 0.6) is 0 Å². The molecule has 0 radical (unpaired) electrons. The van der Waals surface area contributed by atoms with Gasteiger partial charge in [-0.3, -0.25) is 4.79 Å². The highest BCUT2D eigenvalue weighted by atomic mass is 16.1. The Morgan fingerprint density at radius 3 is 2.23 bits per heavy atom. The lowest BCUT2D eigenvalue weighted by atomic mass is 10.1. The Kier molecular flexibility index (Phi) is 4.61. The zero-order valence-corrected chi connectivity index (χ0v) is 16.4. The molecule has 3 N–H and O–H groups in total. The van der Waals surface area contributed by atoms with Crippen molar-refractivity contribution in [1.82, 2.24) is 19.7 Å². The lowest BCUT2D eigenvalue weighted by Crippen LogP contribution is -2.06. The van der Waals surface area contributed by atoms with Gasteiger partial charge in [0.2, 0.25) is 0 Å². The quantitative estimate of drug-likeness (QED) is 0.326. The first kappa shape index (κ1) is 18.5. The molecule has 2 heterocycles. The summed E-state index contributed by atoms with van der Waals surface area (Å²) in [4.78, 5) is 21.3. The third kappa shape index (κ3) is 3.60. The number of hydrogen-bond donors (Lipinski definition) is 2. The topological polar surface area (TPSA) is 98.7 Å². The molecule has 0 atom stereocenters. The van der Waals surface area contributed by atoms with E-state index < -0.39 is 0 Å². The number of aldehydes is 1. The van der Waals surface area contributed by atoms with Crippen molar-refractivity contribution in [2.24, 2.45) is 0 Å². The average Bonchev–Trinajstić information content (AvgIpc) is 3.24.